The number of fused-ring (bicyclic) bond motifs is 1. The average molecular weight is 419 g/mol. The number of aromatic nitrogens is 1. The predicted molar refractivity (Wildman–Crippen MR) is 122 cm³/mol. The summed E-state index contributed by atoms with van der Waals surface area (Å²) in [6.07, 6.45) is 2.90. The Balaban J connectivity index is 1.22. The molecule has 6 nitrogen and oxygen atoms in total. The fraction of sp³-hybridized carbons (Fsp3) is 0.440. The molecule has 1 amide bonds. The van der Waals surface area contributed by atoms with Gasteiger partial charge in [0.05, 0.1) is 5.69 Å². The minimum Gasteiger partial charge on any atom is -0.441 e. The highest BCUT2D eigenvalue weighted by atomic mass is 16.4. The largest absolute Gasteiger partial charge is 0.441 e. The minimum atomic E-state index is 0.184. The van der Waals surface area contributed by atoms with Crippen LogP contribution in [0.3, 0.4) is 0 Å². The standard InChI is InChI=1S/C25H30N4O2/c1-18-23(27-25(31-18)21-7-6-19-4-2-3-5-20(19)16-21)17-28-12-8-22(9-13-28)29-14-10-24(30)26-11-15-29/h2-7,16,22H,8-15,17H2,1H3,(H,26,30). The molecule has 1 aromatic heterocycles. The second-order valence-electron chi connectivity index (χ2n) is 8.73. The molecule has 2 aliphatic heterocycles. The molecule has 3 aromatic rings. The van der Waals surface area contributed by atoms with Crippen LogP contribution >= 0.6 is 0 Å². The number of nitrogens with one attached hydrogen (secondary N) is 1. The Hall–Kier alpha value is -2.70. The molecule has 0 bridgehead atoms. The van der Waals surface area contributed by atoms with E-state index in [1.807, 2.05) is 6.92 Å². The van der Waals surface area contributed by atoms with Crippen molar-refractivity contribution in [2.75, 3.05) is 32.7 Å². The van der Waals surface area contributed by atoms with E-state index in [1.54, 1.807) is 0 Å². The first kappa shape index (κ1) is 20.2. The lowest BCUT2D eigenvalue weighted by Gasteiger charge is -2.37. The third-order valence-corrected chi connectivity index (χ3v) is 6.68. The summed E-state index contributed by atoms with van der Waals surface area (Å²) in [6.45, 7) is 7.58. The van der Waals surface area contributed by atoms with Crippen LogP contribution in [0.5, 0.6) is 0 Å². The quantitative estimate of drug-likeness (QED) is 0.702. The van der Waals surface area contributed by atoms with Crippen molar-refractivity contribution in [2.24, 2.45) is 0 Å². The number of carbonyl (C=O) groups is 1. The van der Waals surface area contributed by atoms with Gasteiger partial charge in [-0.05, 0) is 42.7 Å². The molecule has 2 aliphatic rings. The second-order valence-corrected chi connectivity index (χ2v) is 8.73. The number of nitrogens with zero attached hydrogens (tertiary/aromatic N) is 3. The molecule has 0 saturated carbocycles. The van der Waals surface area contributed by atoms with Gasteiger partial charge in [0.25, 0.3) is 0 Å². The predicted octanol–water partition coefficient (Wildman–Crippen LogP) is 3.59. The second kappa shape index (κ2) is 8.81. The first-order valence-corrected chi connectivity index (χ1v) is 11.3. The van der Waals surface area contributed by atoms with E-state index in [9.17, 15) is 4.79 Å². The zero-order valence-electron chi connectivity index (χ0n) is 18.1. The molecule has 1 N–H and O–H groups in total. The molecule has 0 radical (unpaired) electrons. The molecule has 0 unspecified atom stereocenters. The number of likely N-dealkylation sites (tertiary alicyclic amines) is 1. The number of oxazole rings is 1. The SMILES string of the molecule is Cc1oc(-c2ccc3ccccc3c2)nc1CN1CCC(N2CCNC(=O)CC2)CC1. The lowest BCUT2D eigenvalue weighted by Crippen LogP contribution is -2.45. The zero-order chi connectivity index (χ0) is 21.2. The number of hydrogen-bond donors (Lipinski definition) is 1. The van der Waals surface area contributed by atoms with Gasteiger partial charge in [-0.1, -0.05) is 30.3 Å². The van der Waals surface area contributed by atoms with Gasteiger partial charge in [-0.3, -0.25) is 14.6 Å². The normalized spacial score (nSPS) is 19.5. The highest BCUT2D eigenvalue weighted by Gasteiger charge is 2.27. The molecule has 162 valence electrons. The third-order valence-electron chi connectivity index (χ3n) is 6.68. The van der Waals surface area contributed by atoms with E-state index in [4.69, 9.17) is 9.40 Å². The van der Waals surface area contributed by atoms with Gasteiger partial charge in [0.2, 0.25) is 11.8 Å². The fourth-order valence-corrected chi connectivity index (χ4v) is 4.82. The van der Waals surface area contributed by atoms with Gasteiger partial charge in [0, 0.05) is 57.3 Å². The van der Waals surface area contributed by atoms with Crippen LogP contribution in [0.4, 0.5) is 0 Å². The van der Waals surface area contributed by atoms with E-state index in [2.05, 4.69) is 57.6 Å². The van der Waals surface area contributed by atoms with Gasteiger partial charge in [0.1, 0.15) is 5.76 Å². The zero-order valence-corrected chi connectivity index (χ0v) is 18.1. The van der Waals surface area contributed by atoms with Crippen LogP contribution in [0.25, 0.3) is 22.2 Å². The van der Waals surface area contributed by atoms with Gasteiger partial charge >= 0.3 is 0 Å². The molecule has 6 heteroatoms. The summed E-state index contributed by atoms with van der Waals surface area (Å²) in [7, 11) is 0. The molecule has 0 spiro atoms. The molecular formula is C25H30N4O2. The molecule has 0 atom stereocenters. The van der Waals surface area contributed by atoms with E-state index in [1.165, 1.54) is 10.8 Å². The molecule has 2 saturated heterocycles. The van der Waals surface area contributed by atoms with Crippen LogP contribution in [0, 0.1) is 6.92 Å². The lowest BCUT2D eigenvalue weighted by atomic mass is 10.0. The van der Waals surface area contributed by atoms with E-state index >= 15 is 0 Å². The summed E-state index contributed by atoms with van der Waals surface area (Å²) < 4.78 is 6.05. The Bertz CT molecular complexity index is 1070. The summed E-state index contributed by atoms with van der Waals surface area (Å²) in [5.74, 6) is 1.79. The van der Waals surface area contributed by atoms with Crippen molar-refractivity contribution in [1.82, 2.24) is 20.1 Å². The number of carbonyl (C=O) groups excluding carboxylic acids is 1. The first-order valence-electron chi connectivity index (χ1n) is 11.3. The summed E-state index contributed by atoms with van der Waals surface area (Å²) in [5.41, 5.74) is 2.06. The summed E-state index contributed by atoms with van der Waals surface area (Å²) in [5, 5.41) is 5.40. The van der Waals surface area contributed by atoms with Gasteiger partial charge in [-0.15, -0.1) is 0 Å². The Kier molecular flexibility index (Phi) is 5.74. The summed E-state index contributed by atoms with van der Waals surface area (Å²) in [4.78, 5) is 21.4. The first-order chi connectivity index (χ1) is 15.2. The Morgan fingerprint density at radius 2 is 1.87 bits per heavy atom. The minimum absolute atomic E-state index is 0.184. The van der Waals surface area contributed by atoms with E-state index < -0.39 is 0 Å². The van der Waals surface area contributed by atoms with Crippen LogP contribution in [0.1, 0.15) is 30.7 Å². The molecule has 5 rings (SSSR count). The maximum atomic E-state index is 11.6. The lowest BCUT2D eigenvalue weighted by molar-refractivity contribution is -0.120. The number of amides is 1. The molecule has 0 aliphatic carbocycles. The van der Waals surface area contributed by atoms with Crippen LogP contribution < -0.4 is 5.32 Å². The number of hydrogen-bond acceptors (Lipinski definition) is 5. The average Bonchev–Trinajstić information content (AvgIpc) is 3.01. The van der Waals surface area contributed by atoms with Crippen LogP contribution in [-0.2, 0) is 11.3 Å². The smallest absolute Gasteiger partial charge is 0.226 e. The maximum Gasteiger partial charge on any atom is 0.226 e. The van der Waals surface area contributed by atoms with Crippen LogP contribution in [0.15, 0.2) is 46.9 Å². The van der Waals surface area contributed by atoms with Crippen molar-refractivity contribution in [3.63, 3.8) is 0 Å². The van der Waals surface area contributed by atoms with E-state index in [-0.39, 0.29) is 5.91 Å². The highest BCUT2D eigenvalue weighted by molar-refractivity contribution is 5.86. The van der Waals surface area contributed by atoms with Gasteiger partial charge in [0.15, 0.2) is 0 Å². The molecular weight excluding hydrogens is 388 g/mol. The Morgan fingerprint density at radius 3 is 2.71 bits per heavy atom. The van der Waals surface area contributed by atoms with E-state index in [0.29, 0.717) is 18.4 Å². The molecule has 31 heavy (non-hydrogen) atoms. The number of benzene rings is 2. The monoisotopic (exact) mass is 418 g/mol. The van der Waals surface area contributed by atoms with Gasteiger partial charge in [-0.2, -0.15) is 0 Å². The summed E-state index contributed by atoms with van der Waals surface area (Å²) in [6, 6.07) is 15.3. The Morgan fingerprint density at radius 1 is 1.06 bits per heavy atom. The number of rotatable bonds is 4. The van der Waals surface area contributed by atoms with Gasteiger partial charge < -0.3 is 9.73 Å². The van der Waals surface area contributed by atoms with Crippen molar-refractivity contribution in [1.29, 1.82) is 0 Å². The van der Waals surface area contributed by atoms with Crippen molar-refractivity contribution in [3.8, 4) is 11.5 Å². The fourth-order valence-electron chi connectivity index (χ4n) is 4.82. The van der Waals surface area contributed by atoms with Crippen molar-refractivity contribution >= 4 is 16.7 Å². The molecule has 2 fully saturated rings. The van der Waals surface area contributed by atoms with E-state index in [0.717, 1.165) is 69.1 Å². The highest BCUT2D eigenvalue weighted by Crippen LogP contribution is 2.27. The molecule has 2 aromatic carbocycles. The van der Waals surface area contributed by atoms with Crippen LogP contribution in [0.2, 0.25) is 0 Å². The topological polar surface area (TPSA) is 61.6 Å². The summed E-state index contributed by atoms with van der Waals surface area (Å²) >= 11 is 0. The van der Waals surface area contributed by atoms with Crippen molar-refractivity contribution < 1.29 is 9.21 Å². The number of aryl methyl sites for hydroxylation is 1. The van der Waals surface area contributed by atoms with Crippen molar-refractivity contribution in [3.05, 3.63) is 53.9 Å². The van der Waals surface area contributed by atoms with Crippen molar-refractivity contribution in [2.45, 2.75) is 38.8 Å². The third kappa shape index (κ3) is 4.50. The maximum absolute atomic E-state index is 11.6. The van der Waals surface area contributed by atoms with Crippen LogP contribution in [-0.4, -0.2) is 59.5 Å². The Labute approximate surface area is 183 Å². The van der Waals surface area contributed by atoms with Gasteiger partial charge in [-0.25, -0.2) is 4.98 Å². The molecule has 3 heterocycles. The number of piperidine rings is 1.